The van der Waals surface area contributed by atoms with Crippen molar-refractivity contribution in [2.24, 2.45) is 17.6 Å². The molecule has 2 aliphatic carbocycles. The first-order valence-electron chi connectivity index (χ1n) is 4.13. The molecule has 52 valence electrons. The Morgan fingerprint density at radius 1 is 1.11 bits per heavy atom. The summed E-state index contributed by atoms with van der Waals surface area (Å²) in [5, 5.41) is 0. The summed E-state index contributed by atoms with van der Waals surface area (Å²) in [6.45, 7) is 0. The highest BCUT2D eigenvalue weighted by molar-refractivity contribution is 4.93. The largest absolute Gasteiger partial charge is 0.327 e. The molecule has 2 aliphatic rings. The van der Waals surface area contributed by atoms with E-state index in [1.165, 1.54) is 32.1 Å². The second-order valence-corrected chi connectivity index (χ2v) is 3.61. The molecule has 0 bridgehead atoms. The van der Waals surface area contributed by atoms with E-state index in [4.69, 9.17) is 5.73 Å². The van der Waals surface area contributed by atoms with Gasteiger partial charge in [0.25, 0.3) is 0 Å². The Kier molecular flexibility index (Phi) is 1.26. The van der Waals surface area contributed by atoms with E-state index in [0.29, 0.717) is 6.04 Å². The van der Waals surface area contributed by atoms with Crippen LogP contribution >= 0.6 is 0 Å². The second-order valence-electron chi connectivity index (χ2n) is 3.61. The lowest BCUT2D eigenvalue weighted by Crippen LogP contribution is -2.48. The second kappa shape index (κ2) is 1.98. The lowest BCUT2D eigenvalue weighted by Gasteiger charge is -2.46. The molecular formula is C8H15N. The SMILES string of the molecule is N[C@@H]1CC2CCCC[C@H]21. The van der Waals surface area contributed by atoms with Crippen LogP contribution in [0.1, 0.15) is 32.1 Å². The average Bonchev–Trinajstić information content (AvgIpc) is 1.86. The molecule has 0 spiro atoms. The van der Waals surface area contributed by atoms with Crippen molar-refractivity contribution in [1.82, 2.24) is 0 Å². The van der Waals surface area contributed by atoms with Crippen LogP contribution in [0.2, 0.25) is 0 Å². The molecule has 0 aliphatic heterocycles. The molecular weight excluding hydrogens is 110 g/mol. The predicted octanol–water partition coefficient (Wildman–Crippen LogP) is 1.52. The molecule has 9 heavy (non-hydrogen) atoms. The van der Waals surface area contributed by atoms with Crippen LogP contribution in [0.15, 0.2) is 0 Å². The Labute approximate surface area is 56.6 Å². The molecule has 0 amide bonds. The number of hydrogen-bond acceptors (Lipinski definition) is 1. The Bertz CT molecular complexity index is 109. The molecule has 2 N–H and O–H groups in total. The highest BCUT2D eigenvalue weighted by atomic mass is 14.7. The first kappa shape index (κ1) is 5.72. The van der Waals surface area contributed by atoms with Gasteiger partial charge in [0.05, 0.1) is 0 Å². The van der Waals surface area contributed by atoms with Gasteiger partial charge in [0, 0.05) is 6.04 Å². The fourth-order valence-electron chi connectivity index (χ4n) is 2.42. The van der Waals surface area contributed by atoms with Gasteiger partial charge in [-0.1, -0.05) is 19.3 Å². The smallest absolute Gasteiger partial charge is 0.00725 e. The molecule has 3 atom stereocenters. The van der Waals surface area contributed by atoms with Gasteiger partial charge in [-0.2, -0.15) is 0 Å². The summed E-state index contributed by atoms with van der Waals surface area (Å²) in [5.41, 5.74) is 5.83. The first-order chi connectivity index (χ1) is 4.38. The van der Waals surface area contributed by atoms with Gasteiger partial charge in [-0.25, -0.2) is 0 Å². The van der Waals surface area contributed by atoms with E-state index < -0.39 is 0 Å². The van der Waals surface area contributed by atoms with Crippen LogP contribution in [0.25, 0.3) is 0 Å². The molecule has 1 nitrogen and oxygen atoms in total. The highest BCUT2D eigenvalue weighted by Crippen LogP contribution is 2.43. The maximum absolute atomic E-state index is 5.83. The van der Waals surface area contributed by atoms with Crippen molar-refractivity contribution in [2.75, 3.05) is 0 Å². The van der Waals surface area contributed by atoms with Crippen molar-refractivity contribution in [3.05, 3.63) is 0 Å². The zero-order valence-corrected chi connectivity index (χ0v) is 5.84. The maximum atomic E-state index is 5.83. The number of fused-ring (bicyclic) bond motifs is 1. The van der Waals surface area contributed by atoms with Gasteiger partial charge in [-0.05, 0) is 24.7 Å². The van der Waals surface area contributed by atoms with Gasteiger partial charge in [-0.15, -0.1) is 0 Å². The normalized spacial score (nSPS) is 49.7. The summed E-state index contributed by atoms with van der Waals surface area (Å²) in [6.07, 6.45) is 7.12. The summed E-state index contributed by atoms with van der Waals surface area (Å²) >= 11 is 0. The number of nitrogens with two attached hydrogens (primary N) is 1. The average molecular weight is 125 g/mol. The van der Waals surface area contributed by atoms with Crippen LogP contribution in [0.3, 0.4) is 0 Å². The van der Waals surface area contributed by atoms with E-state index in [-0.39, 0.29) is 0 Å². The molecule has 0 saturated heterocycles. The van der Waals surface area contributed by atoms with Crippen LogP contribution < -0.4 is 5.73 Å². The summed E-state index contributed by atoms with van der Waals surface area (Å²) in [4.78, 5) is 0. The van der Waals surface area contributed by atoms with Crippen molar-refractivity contribution in [3.8, 4) is 0 Å². The number of hydrogen-bond donors (Lipinski definition) is 1. The molecule has 0 heterocycles. The first-order valence-corrected chi connectivity index (χ1v) is 4.13. The zero-order chi connectivity index (χ0) is 6.27. The third-order valence-corrected chi connectivity index (χ3v) is 3.09. The molecule has 1 heteroatoms. The monoisotopic (exact) mass is 125 g/mol. The molecule has 0 aromatic carbocycles. The Hall–Kier alpha value is -0.0400. The van der Waals surface area contributed by atoms with Crippen LogP contribution in [0.5, 0.6) is 0 Å². The van der Waals surface area contributed by atoms with Crippen LogP contribution in [0.4, 0.5) is 0 Å². The molecule has 2 fully saturated rings. The Morgan fingerprint density at radius 3 is 2.44 bits per heavy atom. The minimum atomic E-state index is 0.579. The third kappa shape index (κ3) is 0.787. The van der Waals surface area contributed by atoms with Crippen LogP contribution in [-0.4, -0.2) is 6.04 Å². The van der Waals surface area contributed by atoms with E-state index in [1.807, 2.05) is 0 Å². The van der Waals surface area contributed by atoms with Gasteiger partial charge < -0.3 is 5.73 Å². The summed E-state index contributed by atoms with van der Waals surface area (Å²) < 4.78 is 0. The number of rotatable bonds is 0. The van der Waals surface area contributed by atoms with Crippen molar-refractivity contribution < 1.29 is 0 Å². The van der Waals surface area contributed by atoms with Gasteiger partial charge in [0.1, 0.15) is 0 Å². The van der Waals surface area contributed by atoms with E-state index in [2.05, 4.69) is 0 Å². The minimum absolute atomic E-state index is 0.579. The molecule has 2 rings (SSSR count). The van der Waals surface area contributed by atoms with Crippen LogP contribution in [0, 0.1) is 11.8 Å². The molecule has 0 aromatic heterocycles. The third-order valence-electron chi connectivity index (χ3n) is 3.09. The van der Waals surface area contributed by atoms with E-state index >= 15 is 0 Å². The lowest BCUT2D eigenvalue weighted by atomic mass is 9.62. The van der Waals surface area contributed by atoms with Crippen molar-refractivity contribution in [3.63, 3.8) is 0 Å². The van der Waals surface area contributed by atoms with E-state index in [0.717, 1.165) is 11.8 Å². The molecule has 2 saturated carbocycles. The van der Waals surface area contributed by atoms with Gasteiger partial charge in [0.15, 0.2) is 0 Å². The maximum Gasteiger partial charge on any atom is 0.00725 e. The fourth-order valence-corrected chi connectivity index (χ4v) is 2.42. The van der Waals surface area contributed by atoms with E-state index in [1.54, 1.807) is 0 Å². The van der Waals surface area contributed by atoms with Crippen molar-refractivity contribution in [2.45, 2.75) is 38.1 Å². The Balaban J connectivity index is 1.94. The summed E-state index contributed by atoms with van der Waals surface area (Å²) in [7, 11) is 0. The molecule has 0 aromatic rings. The topological polar surface area (TPSA) is 26.0 Å². The molecule has 0 radical (unpaired) electrons. The van der Waals surface area contributed by atoms with Gasteiger partial charge >= 0.3 is 0 Å². The van der Waals surface area contributed by atoms with Gasteiger partial charge in [0.2, 0.25) is 0 Å². The minimum Gasteiger partial charge on any atom is -0.327 e. The lowest BCUT2D eigenvalue weighted by molar-refractivity contribution is 0.0835. The zero-order valence-electron chi connectivity index (χ0n) is 5.84. The van der Waals surface area contributed by atoms with Gasteiger partial charge in [-0.3, -0.25) is 0 Å². The highest BCUT2D eigenvalue weighted by Gasteiger charge is 2.39. The van der Waals surface area contributed by atoms with E-state index in [9.17, 15) is 0 Å². The van der Waals surface area contributed by atoms with Crippen molar-refractivity contribution >= 4 is 0 Å². The fraction of sp³-hybridized carbons (Fsp3) is 1.00. The summed E-state index contributed by atoms with van der Waals surface area (Å²) in [6, 6.07) is 0.579. The van der Waals surface area contributed by atoms with Crippen LogP contribution in [-0.2, 0) is 0 Å². The standard InChI is InChI=1S/C8H15N/c9-8-5-6-3-1-2-4-7(6)8/h6-8H,1-5,9H2/t6?,7-,8-/m1/s1. The van der Waals surface area contributed by atoms with Crippen molar-refractivity contribution in [1.29, 1.82) is 0 Å². The Morgan fingerprint density at radius 2 is 1.89 bits per heavy atom. The predicted molar refractivity (Wildman–Crippen MR) is 38.0 cm³/mol. The quantitative estimate of drug-likeness (QED) is 0.522. The summed E-state index contributed by atoms with van der Waals surface area (Å²) in [5.74, 6) is 1.97. The molecule has 1 unspecified atom stereocenters.